The Labute approximate surface area is 149 Å². The number of hydrogen-bond donors (Lipinski definition) is 0. The van der Waals surface area contributed by atoms with Gasteiger partial charge in [-0.25, -0.2) is 0 Å². The first-order chi connectivity index (χ1) is 12.2. The fourth-order valence-corrected chi connectivity index (χ4v) is 3.49. The molecule has 0 aliphatic carbocycles. The van der Waals surface area contributed by atoms with Crippen molar-refractivity contribution in [3.05, 3.63) is 53.5 Å². The average Bonchev–Trinajstić information content (AvgIpc) is 3.07. The Morgan fingerprint density at radius 2 is 1.92 bits per heavy atom. The van der Waals surface area contributed by atoms with E-state index in [9.17, 15) is 4.79 Å². The van der Waals surface area contributed by atoms with Crippen LogP contribution in [0.3, 0.4) is 0 Å². The number of furan rings is 1. The van der Waals surface area contributed by atoms with Gasteiger partial charge in [-0.3, -0.25) is 4.79 Å². The van der Waals surface area contributed by atoms with Crippen LogP contribution in [0.4, 0.5) is 0 Å². The largest absolute Gasteiger partial charge is 0.494 e. The number of benzene rings is 1. The molecule has 0 unspecified atom stereocenters. The van der Waals surface area contributed by atoms with Gasteiger partial charge >= 0.3 is 0 Å². The van der Waals surface area contributed by atoms with Gasteiger partial charge in [0, 0.05) is 13.1 Å². The molecule has 1 aliphatic rings. The van der Waals surface area contributed by atoms with Crippen LogP contribution in [0.5, 0.6) is 5.75 Å². The smallest absolute Gasteiger partial charge is 0.257 e. The fraction of sp³-hybridized carbons (Fsp3) is 0.476. The van der Waals surface area contributed by atoms with Gasteiger partial charge in [0.25, 0.3) is 5.91 Å². The van der Waals surface area contributed by atoms with Crippen molar-refractivity contribution >= 4 is 5.91 Å². The molecule has 1 amide bonds. The highest BCUT2D eigenvalue weighted by atomic mass is 16.5. The summed E-state index contributed by atoms with van der Waals surface area (Å²) in [6.07, 6.45) is 6.03. The van der Waals surface area contributed by atoms with Crippen LogP contribution in [-0.2, 0) is 6.42 Å². The van der Waals surface area contributed by atoms with Crippen molar-refractivity contribution in [2.75, 3.05) is 19.7 Å². The Balaban J connectivity index is 1.45. The molecule has 2 heterocycles. The summed E-state index contributed by atoms with van der Waals surface area (Å²) in [6, 6.07) is 10.2. The Hall–Kier alpha value is -2.23. The van der Waals surface area contributed by atoms with Gasteiger partial charge in [0.2, 0.25) is 0 Å². The summed E-state index contributed by atoms with van der Waals surface area (Å²) in [5.41, 5.74) is 2.06. The molecule has 1 aliphatic heterocycles. The van der Waals surface area contributed by atoms with Crippen molar-refractivity contribution in [3.8, 4) is 5.75 Å². The van der Waals surface area contributed by atoms with E-state index in [1.165, 1.54) is 12.0 Å². The molecule has 3 rings (SSSR count). The van der Waals surface area contributed by atoms with E-state index in [0.717, 1.165) is 38.1 Å². The second kappa shape index (κ2) is 8.24. The number of amides is 1. The van der Waals surface area contributed by atoms with Crippen LogP contribution in [0, 0.1) is 12.8 Å². The third-order valence-electron chi connectivity index (χ3n) is 5.07. The van der Waals surface area contributed by atoms with Crippen LogP contribution in [0.2, 0.25) is 0 Å². The highest BCUT2D eigenvalue weighted by molar-refractivity contribution is 5.95. The lowest BCUT2D eigenvalue weighted by molar-refractivity contribution is 0.0685. The Kier molecular flexibility index (Phi) is 5.79. The molecular formula is C21H27NO3. The monoisotopic (exact) mass is 341 g/mol. The normalized spacial score (nSPS) is 15.4. The lowest BCUT2D eigenvalue weighted by Crippen LogP contribution is -2.38. The zero-order chi connectivity index (χ0) is 17.6. The molecule has 0 atom stereocenters. The minimum absolute atomic E-state index is 0.108. The molecule has 1 fully saturated rings. The van der Waals surface area contributed by atoms with Crippen molar-refractivity contribution in [1.82, 2.24) is 4.90 Å². The SMILES string of the molecule is CCOc1ccc(CCC2CCN(C(=O)c3ccoc3C)CC2)cc1. The van der Waals surface area contributed by atoms with Gasteiger partial charge in [-0.15, -0.1) is 0 Å². The molecule has 134 valence electrons. The summed E-state index contributed by atoms with van der Waals surface area (Å²) in [4.78, 5) is 14.5. The first-order valence-electron chi connectivity index (χ1n) is 9.22. The first-order valence-corrected chi connectivity index (χ1v) is 9.22. The van der Waals surface area contributed by atoms with Crippen molar-refractivity contribution in [2.45, 2.75) is 39.5 Å². The highest BCUT2D eigenvalue weighted by Gasteiger charge is 2.25. The molecule has 0 spiro atoms. The maximum atomic E-state index is 12.5. The summed E-state index contributed by atoms with van der Waals surface area (Å²) in [6.45, 7) is 6.24. The molecule has 0 radical (unpaired) electrons. The van der Waals surface area contributed by atoms with E-state index >= 15 is 0 Å². The van der Waals surface area contributed by atoms with E-state index in [1.807, 2.05) is 30.9 Å². The van der Waals surface area contributed by atoms with Crippen LogP contribution < -0.4 is 4.74 Å². The molecule has 1 saturated heterocycles. The number of rotatable bonds is 6. The maximum absolute atomic E-state index is 12.5. The van der Waals surface area contributed by atoms with Crippen LogP contribution in [-0.4, -0.2) is 30.5 Å². The Morgan fingerprint density at radius 1 is 1.20 bits per heavy atom. The van der Waals surface area contributed by atoms with Crippen LogP contribution in [0.1, 0.15) is 47.9 Å². The number of carbonyl (C=O) groups is 1. The number of likely N-dealkylation sites (tertiary alicyclic amines) is 1. The maximum Gasteiger partial charge on any atom is 0.257 e. The number of hydrogen-bond acceptors (Lipinski definition) is 3. The van der Waals surface area contributed by atoms with Gasteiger partial charge in [-0.05, 0) is 69.2 Å². The summed E-state index contributed by atoms with van der Waals surface area (Å²) < 4.78 is 10.7. The van der Waals surface area contributed by atoms with Crippen LogP contribution >= 0.6 is 0 Å². The number of carbonyl (C=O) groups excluding carboxylic acids is 1. The molecule has 2 aromatic rings. The van der Waals surface area contributed by atoms with Crippen LogP contribution in [0.15, 0.2) is 41.0 Å². The lowest BCUT2D eigenvalue weighted by Gasteiger charge is -2.32. The van der Waals surface area contributed by atoms with Gasteiger partial charge in [-0.2, -0.15) is 0 Å². The predicted molar refractivity (Wildman–Crippen MR) is 98.0 cm³/mol. The van der Waals surface area contributed by atoms with E-state index in [0.29, 0.717) is 23.8 Å². The summed E-state index contributed by atoms with van der Waals surface area (Å²) in [5, 5.41) is 0. The fourth-order valence-electron chi connectivity index (χ4n) is 3.49. The van der Waals surface area contributed by atoms with Gasteiger partial charge in [0.05, 0.1) is 18.4 Å². The van der Waals surface area contributed by atoms with E-state index in [2.05, 4.69) is 12.1 Å². The minimum Gasteiger partial charge on any atom is -0.494 e. The summed E-state index contributed by atoms with van der Waals surface area (Å²) >= 11 is 0. The van der Waals surface area contributed by atoms with E-state index in [4.69, 9.17) is 9.15 Å². The van der Waals surface area contributed by atoms with Gasteiger partial charge in [0.15, 0.2) is 0 Å². The molecule has 1 aromatic carbocycles. The molecule has 25 heavy (non-hydrogen) atoms. The zero-order valence-electron chi connectivity index (χ0n) is 15.2. The van der Waals surface area contributed by atoms with E-state index in [-0.39, 0.29) is 5.91 Å². The van der Waals surface area contributed by atoms with Crippen molar-refractivity contribution < 1.29 is 13.9 Å². The van der Waals surface area contributed by atoms with Gasteiger partial charge in [0.1, 0.15) is 11.5 Å². The molecular weight excluding hydrogens is 314 g/mol. The standard InChI is InChI=1S/C21H27NO3/c1-3-24-19-8-6-17(7-9-19)4-5-18-10-13-22(14-11-18)21(23)20-12-15-25-16(20)2/h6-9,12,15,18H,3-5,10-11,13-14H2,1-2H3. The summed E-state index contributed by atoms with van der Waals surface area (Å²) in [7, 11) is 0. The number of nitrogens with zero attached hydrogens (tertiary/aromatic N) is 1. The molecule has 4 nitrogen and oxygen atoms in total. The van der Waals surface area contributed by atoms with Crippen molar-refractivity contribution in [1.29, 1.82) is 0 Å². The molecule has 0 N–H and O–H groups in total. The summed E-state index contributed by atoms with van der Waals surface area (Å²) in [5.74, 6) is 2.45. The predicted octanol–water partition coefficient (Wildman–Crippen LogP) is 4.47. The number of piperidine rings is 1. The van der Waals surface area contributed by atoms with E-state index in [1.54, 1.807) is 12.3 Å². The number of aryl methyl sites for hydroxylation is 2. The second-order valence-corrected chi connectivity index (χ2v) is 6.74. The number of ether oxygens (including phenoxy) is 1. The quantitative estimate of drug-likeness (QED) is 0.778. The Morgan fingerprint density at radius 3 is 2.52 bits per heavy atom. The van der Waals surface area contributed by atoms with E-state index < -0.39 is 0 Å². The lowest BCUT2D eigenvalue weighted by atomic mass is 9.90. The average molecular weight is 341 g/mol. The zero-order valence-corrected chi connectivity index (χ0v) is 15.2. The van der Waals surface area contributed by atoms with Crippen LogP contribution in [0.25, 0.3) is 0 Å². The molecule has 0 bridgehead atoms. The second-order valence-electron chi connectivity index (χ2n) is 6.74. The minimum atomic E-state index is 0.108. The molecule has 1 aromatic heterocycles. The first kappa shape index (κ1) is 17.6. The molecule has 4 heteroatoms. The van der Waals surface area contributed by atoms with Gasteiger partial charge < -0.3 is 14.1 Å². The van der Waals surface area contributed by atoms with Crippen molar-refractivity contribution in [2.24, 2.45) is 5.92 Å². The van der Waals surface area contributed by atoms with Crippen molar-refractivity contribution in [3.63, 3.8) is 0 Å². The highest BCUT2D eigenvalue weighted by Crippen LogP contribution is 2.25. The third-order valence-corrected chi connectivity index (χ3v) is 5.07. The van der Waals surface area contributed by atoms with Gasteiger partial charge in [-0.1, -0.05) is 12.1 Å². The third kappa shape index (κ3) is 4.44. The Bertz CT molecular complexity index is 681. The topological polar surface area (TPSA) is 42.7 Å². The molecule has 0 saturated carbocycles.